The highest BCUT2D eigenvalue weighted by Crippen LogP contribution is 2.27. The van der Waals surface area contributed by atoms with Gasteiger partial charge in [-0.1, -0.05) is 6.07 Å². The number of aromatic nitrogens is 1. The third-order valence-corrected chi connectivity index (χ3v) is 3.29. The van der Waals surface area contributed by atoms with Crippen LogP contribution < -0.4 is 14.8 Å². The number of nitrogens with one attached hydrogen (secondary N) is 1. The maximum atomic E-state index is 14.0. The Hall–Kier alpha value is -2.14. The highest BCUT2D eigenvalue weighted by Gasteiger charge is 2.15. The molecule has 2 rings (SSSR count). The number of rotatable bonds is 6. The van der Waals surface area contributed by atoms with Gasteiger partial charge in [-0.3, -0.25) is 0 Å². The molecule has 0 aliphatic carbocycles. The summed E-state index contributed by atoms with van der Waals surface area (Å²) in [4.78, 5) is 4.05. The Kier molecular flexibility index (Phi) is 5.11. The van der Waals surface area contributed by atoms with Gasteiger partial charge >= 0.3 is 0 Å². The van der Waals surface area contributed by atoms with Gasteiger partial charge in [0.05, 0.1) is 14.2 Å². The Balaban J connectivity index is 2.09. The van der Waals surface area contributed by atoms with E-state index in [0.29, 0.717) is 23.7 Å². The van der Waals surface area contributed by atoms with Crippen molar-refractivity contribution in [2.45, 2.75) is 19.5 Å². The van der Waals surface area contributed by atoms with Gasteiger partial charge < -0.3 is 14.8 Å². The molecule has 1 unspecified atom stereocenters. The van der Waals surface area contributed by atoms with Crippen molar-refractivity contribution in [3.63, 3.8) is 0 Å². The molecule has 0 aliphatic heterocycles. The second kappa shape index (κ2) is 7.04. The Bertz CT molecular complexity index is 605. The summed E-state index contributed by atoms with van der Waals surface area (Å²) in [5.41, 5.74) is 1.55. The molecule has 0 saturated heterocycles. The maximum Gasteiger partial charge on any atom is 0.213 e. The SMILES string of the molecule is COc1cc(CNC(C)c2c(F)cccc2OC)ccn1. The Labute approximate surface area is 123 Å². The van der Waals surface area contributed by atoms with Crippen LogP contribution in [0.5, 0.6) is 11.6 Å². The van der Waals surface area contributed by atoms with E-state index in [1.54, 1.807) is 32.5 Å². The number of nitrogens with zero attached hydrogens (tertiary/aromatic N) is 1. The fourth-order valence-corrected chi connectivity index (χ4v) is 2.16. The van der Waals surface area contributed by atoms with Crippen molar-refractivity contribution < 1.29 is 13.9 Å². The number of methoxy groups -OCH3 is 2. The van der Waals surface area contributed by atoms with Gasteiger partial charge in [0.15, 0.2) is 0 Å². The number of hydrogen-bond acceptors (Lipinski definition) is 4. The molecule has 1 aromatic carbocycles. The van der Waals surface area contributed by atoms with Gasteiger partial charge in [-0.05, 0) is 30.7 Å². The number of hydrogen-bond donors (Lipinski definition) is 1. The van der Waals surface area contributed by atoms with Crippen molar-refractivity contribution in [3.8, 4) is 11.6 Å². The molecule has 1 N–H and O–H groups in total. The molecule has 0 aliphatic rings. The highest BCUT2D eigenvalue weighted by atomic mass is 19.1. The Morgan fingerprint density at radius 2 is 2.05 bits per heavy atom. The lowest BCUT2D eigenvalue weighted by Gasteiger charge is -2.18. The minimum absolute atomic E-state index is 0.180. The molecule has 0 bridgehead atoms. The maximum absolute atomic E-state index is 14.0. The summed E-state index contributed by atoms with van der Waals surface area (Å²) in [6.07, 6.45) is 1.68. The van der Waals surface area contributed by atoms with Crippen LogP contribution in [0.25, 0.3) is 0 Å². The number of benzene rings is 1. The zero-order chi connectivity index (χ0) is 15.2. The summed E-state index contributed by atoms with van der Waals surface area (Å²) in [6.45, 7) is 2.48. The summed E-state index contributed by atoms with van der Waals surface area (Å²) in [5.74, 6) is 0.828. The molecular weight excluding hydrogens is 271 g/mol. The third kappa shape index (κ3) is 3.70. The number of halogens is 1. The second-order valence-electron chi connectivity index (χ2n) is 4.66. The van der Waals surface area contributed by atoms with Gasteiger partial charge in [-0.15, -0.1) is 0 Å². The van der Waals surface area contributed by atoms with Gasteiger partial charge in [0.2, 0.25) is 5.88 Å². The van der Waals surface area contributed by atoms with E-state index in [2.05, 4.69) is 10.3 Å². The molecule has 2 aromatic rings. The monoisotopic (exact) mass is 290 g/mol. The van der Waals surface area contributed by atoms with Crippen LogP contribution >= 0.6 is 0 Å². The quantitative estimate of drug-likeness (QED) is 0.888. The molecule has 1 aromatic heterocycles. The first-order chi connectivity index (χ1) is 10.2. The average Bonchev–Trinajstić information content (AvgIpc) is 2.52. The van der Waals surface area contributed by atoms with Gasteiger partial charge in [-0.2, -0.15) is 0 Å². The molecule has 0 spiro atoms. The Morgan fingerprint density at radius 3 is 2.76 bits per heavy atom. The molecule has 1 atom stereocenters. The molecule has 5 heteroatoms. The predicted molar refractivity (Wildman–Crippen MR) is 79.0 cm³/mol. The first-order valence-electron chi connectivity index (χ1n) is 6.70. The largest absolute Gasteiger partial charge is 0.496 e. The second-order valence-corrected chi connectivity index (χ2v) is 4.66. The summed E-state index contributed by atoms with van der Waals surface area (Å²) in [7, 11) is 3.12. The van der Waals surface area contributed by atoms with Crippen molar-refractivity contribution in [1.82, 2.24) is 10.3 Å². The smallest absolute Gasteiger partial charge is 0.213 e. The van der Waals surface area contributed by atoms with Crippen molar-refractivity contribution >= 4 is 0 Å². The lowest BCUT2D eigenvalue weighted by Crippen LogP contribution is -2.20. The third-order valence-electron chi connectivity index (χ3n) is 3.29. The molecule has 0 saturated carbocycles. The Morgan fingerprint density at radius 1 is 1.24 bits per heavy atom. The number of pyridine rings is 1. The van der Waals surface area contributed by atoms with Crippen molar-refractivity contribution in [3.05, 3.63) is 53.5 Å². The van der Waals surface area contributed by atoms with Crippen molar-refractivity contribution in [2.24, 2.45) is 0 Å². The van der Waals surface area contributed by atoms with E-state index in [1.165, 1.54) is 6.07 Å². The summed E-state index contributed by atoms with van der Waals surface area (Å²) in [5, 5.41) is 3.28. The van der Waals surface area contributed by atoms with E-state index in [4.69, 9.17) is 9.47 Å². The molecule has 0 radical (unpaired) electrons. The summed E-state index contributed by atoms with van der Waals surface area (Å²) >= 11 is 0. The van der Waals surface area contributed by atoms with E-state index < -0.39 is 0 Å². The predicted octanol–water partition coefficient (Wildman–Crippen LogP) is 3.09. The zero-order valence-electron chi connectivity index (χ0n) is 12.4. The van der Waals surface area contributed by atoms with Gasteiger partial charge in [-0.25, -0.2) is 9.37 Å². The van der Waals surface area contributed by atoms with E-state index in [-0.39, 0.29) is 11.9 Å². The zero-order valence-corrected chi connectivity index (χ0v) is 12.4. The highest BCUT2D eigenvalue weighted by molar-refractivity contribution is 5.37. The molecule has 112 valence electrons. The number of ether oxygens (including phenoxy) is 2. The lowest BCUT2D eigenvalue weighted by atomic mass is 10.1. The fraction of sp³-hybridized carbons (Fsp3) is 0.312. The van der Waals surface area contributed by atoms with E-state index in [0.717, 1.165) is 5.56 Å². The normalized spacial score (nSPS) is 12.0. The van der Waals surface area contributed by atoms with Crippen LogP contribution in [0.15, 0.2) is 36.5 Å². The van der Waals surface area contributed by atoms with E-state index in [9.17, 15) is 4.39 Å². The van der Waals surface area contributed by atoms with E-state index in [1.807, 2.05) is 19.1 Å². The average molecular weight is 290 g/mol. The van der Waals surface area contributed by atoms with Crippen LogP contribution in [0.2, 0.25) is 0 Å². The molecule has 4 nitrogen and oxygen atoms in total. The van der Waals surface area contributed by atoms with Gasteiger partial charge in [0, 0.05) is 30.4 Å². The molecule has 1 heterocycles. The molecule has 0 amide bonds. The summed E-state index contributed by atoms with van der Waals surface area (Å²) < 4.78 is 24.3. The minimum Gasteiger partial charge on any atom is -0.496 e. The van der Waals surface area contributed by atoms with Crippen LogP contribution in [0.4, 0.5) is 4.39 Å². The molecule has 0 fully saturated rings. The molecule has 21 heavy (non-hydrogen) atoms. The first-order valence-corrected chi connectivity index (χ1v) is 6.70. The fourth-order valence-electron chi connectivity index (χ4n) is 2.16. The van der Waals surface area contributed by atoms with Gasteiger partial charge in [0.1, 0.15) is 11.6 Å². The van der Waals surface area contributed by atoms with Crippen LogP contribution in [-0.2, 0) is 6.54 Å². The van der Waals surface area contributed by atoms with Crippen LogP contribution in [0.1, 0.15) is 24.1 Å². The van der Waals surface area contributed by atoms with Crippen molar-refractivity contribution in [1.29, 1.82) is 0 Å². The van der Waals surface area contributed by atoms with Crippen LogP contribution in [0, 0.1) is 5.82 Å². The molecular formula is C16H19FN2O2. The first kappa shape index (κ1) is 15.3. The van der Waals surface area contributed by atoms with Gasteiger partial charge in [0.25, 0.3) is 0 Å². The topological polar surface area (TPSA) is 43.4 Å². The van der Waals surface area contributed by atoms with Crippen LogP contribution in [-0.4, -0.2) is 19.2 Å². The van der Waals surface area contributed by atoms with E-state index >= 15 is 0 Å². The summed E-state index contributed by atoms with van der Waals surface area (Å²) in [6, 6.07) is 8.38. The van der Waals surface area contributed by atoms with Crippen molar-refractivity contribution in [2.75, 3.05) is 14.2 Å². The lowest BCUT2D eigenvalue weighted by molar-refractivity contribution is 0.392. The standard InChI is InChI=1S/C16H19FN2O2/c1-11(16-13(17)5-4-6-14(16)20-2)19-10-12-7-8-18-15(9-12)21-3/h4-9,11,19H,10H2,1-3H3. The minimum atomic E-state index is -0.276. The van der Waals surface area contributed by atoms with Crippen LogP contribution in [0.3, 0.4) is 0 Å².